The van der Waals surface area contributed by atoms with Gasteiger partial charge in [0, 0.05) is 5.56 Å². The summed E-state index contributed by atoms with van der Waals surface area (Å²) < 4.78 is 26.9. The van der Waals surface area contributed by atoms with Gasteiger partial charge < -0.3 is 33.7 Å². The maximum absolute atomic E-state index is 13.7. The second-order valence-corrected chi connectivity index (χ2v) is 15.5. The molecule has 0 fully saturated rings. The number of allylic oxidation sites excluding steroid dienone is 2. The van der Waals surface area contributed by atoms with Crippen LogP contribution in [0, 0.1) is 6.92 Å². The van der Waals surface area contributed by atoms with Crippen LogP contribution in [-0.2, 0) is 55.7 Å². The molecule has 0 aromatic carbocycles. The minimum absolute atomic E-state index is 0.00447. The Bertz CT molecular complexity index is 2450. The number of methoxy groups -OCH3 is 5. The van der Waals surface area contributed by atoms with Crippen molar-refractivity contribution >= 4 is 138 Å². The van der Waals surface area contributed by atoms with Gasteiger partial charge in [0.05, 0.1) is 130 Å². The van der Waals surface area contributed by atoms with E-state index in [4.69, 9.17) is 33.7 Å². The minimum atomic E-state index is -0.778. The van der Waals surface area contributed by atoms with E-state index in [1.807, 2.05) is 6.92 Å². The molecule has 18 heteroatoms. The molecule has 0 saturated carbocycles. The molecule has 3 aromatic rings. The zero-order valence-corrected chi connectivity index (χ0v) is 37.2. The Morgan fingerprint density at radius 3 is 1.38 bits per heavy atom. The van der Waals surface area contributed by atoms with Crippen molar-refractivity contribution in [3.05, 3.63) is 62.9 Å². The molecule has 0 spiro atoms. The van der Waals surface area contributed by atoms with E-state index in [2.05, 4.69) is 73.7 Å². The lowest BCUT2D eigenvalue weighted by atomic mass is 10.00. The molecular weight excluding hydrogens is 980 g/mol. The van der Waals surface area contributed by atoms with Crippen LogP contribution >= 0.6 is 63.7 Å². The lowest BCUT2D eigenvalue weighted by molar-refractivity contribution is -0.140. The van der Waals surface area contributed by atoms with Gasteiger partial charge in [-0.1, -0.05) is 0 Å². The van der Waals surface area contributed by atoms with Crippen molar-refractivity contribution in [3.63, 3.8) is 0 Å². The first-order valence-electron chi connectivity index (χ1n) is 16.3. The van der Waals surface area contributed by atoms with Crippen molar-refractivity contribution in [1.82, 2.24) is 19.9 Å². The fourth-order valence-electron chi connectivity index (χ4n) is 6.39. The summed E-state index contributed by atoms with van der Waals surface area (Å²) in [5, 5.41) is 0. The third-order valence-electron chi connectivity index (χ3n) is 9.41. The molecule has 55 heavy (non-hydrogen) atoms. The fourth-order valence-corrected chi connectivity index (χ4v) is 9.18. The molecule has 0 saturated heterocycles. The first-order chi connectivity index (χ1) is 26.0. The van der Waals surface area contributed by atoms with E-state index in [0.29, 0.717) is 80.5 Å². The highest BCUT2D eigenvalue weighted by Gasteiger charge is 2.32. The number of halogens is 4. The molecular formula is C37H34Br4N4O10. The zero-order chi connectivity index (χ0) is 40.6. The molecule has 3 aromatic heterocycles. The fraction of sp³-hybridized carbons (Fsp3) is 0.324. The summed E-state index contributed by atoms with van der Waals surface area (Å²) in [5.41, 5.74) is 6.52. The van der Waals surface area contributed by atoms with Crippen LogP contribution in [0.4, 0.5) is 0 Å². The number of nitrogens with one attached hydrogen (secondary N) is 2. The maximum Gasteiger partial charge on any atom is 0.340 e. The number of esters is 5. The number of carbonyl (C=O) groups is 5. The first-order valence-corrected chi connectivity index (χ1v) is 19.5. The molecule has 0 aliphatic carbocycles. The van der Waals surface area contributed by atoms with E-state index in [-0.39, 0.29) is 52.5 Å². The number of aromatic nitrogens is 4. The highest BCUT2D eigenvalue weighted by Crippen LogP contribution is 2.46. The molecule has 8 bridgehead atoms. The van der Waals surface area contributed by atoms with Crippen molar-refractivity contribution in [1.29, 1.82) is 0 Å². The first kappa shape index (κ1) is 42.0. The molecule has 0 unspecified atom stereocenters. The monoisotopic (exact) mass is 1010 g/mol. The number of rotatable bonds is 9. The van der Waals surface area contributed by atoms with Crippen LogP contribution in [-0.4, -0.2) is 85.3 Å². The smallest absolute Gasteiger partial charge is 0.340 e. The van der Waals surface area contributed by atoms with E-state index in [1.165, 1.54) is 35.5 Å². The molecule has 0 amide bonds. The van der Waals surface area contributed by atoms with Crippen LogP contribution in [0.25, 0.3) is 44.4 Å². The molecule has 0 radical (unpaired) electrons. The molecule has 2 aliphatic rings. The molecule has 290 valence electrons. The van der Waals surface area contributed by atoms with Gasteiger partial charge in [0.15, 0.2) is 0 Å². The number of fused-ring (bicyclic) bond motifs is 8. The van der Waals surface area contributed by atoms with Gasteiger partial charge in [0.1, 0.15) is 0 Å². The molecule has 5 rings (SSSR count). The lowest BCUT2D eigenvalue weighted by Crippen LogP contribution is -2.10. The van der Waals surface area contributed by atoms with Crippen molar-refractivity contribution in [2.24, 2.45) is 0 Å². The van der Waals surface area contributed by atoms with E-state index >= 15 is 0 Å². The SMILES string of the molecule is COC(=O)CC1=C(C)c2nc1c(Br)c1nc(c(Br)c3[nH]c(c(CC(=O)OC)c3C(=O)OC)c(Br)c3[nH]c(c2Br)c(CC(=O)OC)c3C)C(CC(=O)OC)=C1C. The van der Waals surface area contributed by atoms with E-state index in [1.54, 1.807) is 13.8 Å². The molecule has 14 nitrogen and oxygen atoms in total. The molecule has 2 N–H and O–H groups in total. The van der Waals surface area contributed by atoms with E-state index in [9.17, 15) is 24.0 Å². The highest BCUT2D eigenvalue weighted by atomic mass is 79.9. The zero-order valence-electron chi connectivity index (χ0n) is 30.8. The number of hydrogen-bond acceptors (Lipinski definition) is 12. The van der Waals surface area contributed by atoms with Crippen LogP contribution in [0.2, 0.25) is 0 Å². The number of nitrogens with zero attached hydrogens (tertiary/aromatic N) is 2. The van der Waals surface area contributed by atoms with Crippen molar-refractivity contribution in [2.45, 2.75) is 46.5 Å². The van der Waals surface area contributed by atoms with Crippen molar-refractivity contribution < 1.29 is 47.7 Å². The van der Waals surface area contributed by atoms with Crippen LogP contribution < -0.4 is 0 Å². The third kappa shape index (κ3) is 7.69. The Morgan fingerprint density at radius 1 is 0.491 bits per heavy atom. The number of ether oxygens (including phenoxy) is 5. The predicted molar refractivity (Wildman–Crippen MR) is 218 cm³/mol. The minimum Gasteiger partial charge on any atom is -0.469 e. The van der Waals surface area contributed by atoms with Crippen molar-refractivity contribution in [2.75, 3.05) is 35.5 Å². The second kappa shape index (κ2) is 16.9. The molecule has 5 heterocycles. The van der Waals surface area contributed by atoms with Gasteiger partial charge in [-0.15, -0.1) is 0 Å². The molecule has 2 aliphatic heterocycles. The number of H-pyrrole nitrogens is 2. The van der Waals surface area contributed by atoms with Crippen LogP contribution in [0.3, 0.4) is 0 Å². The number of carbonyl (C=O) groups excluding carboxylic acids is 5. The summed E-state index contributed by atoms with van der Waals surface area (Å²) in [6, 6.07) is 0. The Kier molecular flexibility index (Phi) is 12.9. The summed E-state index contributed by atoms with van der Waals surface area (Å²) >= 11 is 14.9. The van der Waals surface area contributed by atoms with Gasteiger partial charge in [0.2, 0.25) is 0 Å². The van der Waals surface area contributed by atoms with Crippen LogP contribution in [0.15, 0.2) is 17.9 Å². The Morgan fingerprint density at radius 2 is 0.891 bits per heavy atom. The topological polar surface area (TPSA) is 189 Å². The normalized spacial score (nSPS) is 12.5. The van der Waals surface area contributed by atoms with Crippen LogP contribution in [0.5, 0.6) is 0 Å². The number of aromatic amines is 2. The van der Waals surface area contributed by atoms with Gasteiger partial charge in [-0.3, -0.25) is 19.2 Å². The third-order valence-corrected chi connectivity index (χ3v) is 12.5. The number of aryl methyl sites for hydroxylation is 1. The maximum atomic E-state index is 13.7. The van der Waals surface area contributed by atoms with Crippen molar-refractivity contribution in [3.8, 4) is 0 Å². The average Bonchev–Trinajstić information content (AvgIpc) is 3.90. The summed E-state index contributed by atoms with van der Waals surface area (Å²) in [6.45, 7) is 5.39. The second-order valence-electron chi connectivity index (χ2n) is 12.3. The summed E-state index contributed by atoms with van der Waals surface area (Å²) in [5.74, 6) is -2.99. The molecule has 0 atom stereocenters. The summed E-state index contributed by atoms with van der Waals surface area (Å²) in [7, 11) is 6.30. The van der Waals surface area contributed by atoms with Gasteiger partial charge in [0.25, 0.3) is 0 Å². The largest absolute Gasteiger partial charge is 0.469 e. The summed E-state index contributed by atoms with van der Waals surface area (Å²) in [6.07, 6.45) is -0.834. The van der Waals surface area contributed by atoms with Gasteiger partial charge in [-0.05, 0) is 118 Å². The lowest BCUT2D eigenvalue weighted by Gasteiger charge is -2.07. The van der Waals surface area contributed by atoms with E-state index in [0.717, 1.165) is 0 Å². The quantitative estimate of drug-likeness (QED) is 0.156. The highest BCUT2D eigenvalue weighted by molar-refractivity contribution is 9.11. The van der Waals surface area contributed by atoms with Gasteiger partial charge >= 0.3 is 29.8 Å². The Labute approximate surface area is 348 Å². The average molecular weight is 1010 g/mol. The number of hydrogen-bond donors (Lipinski definition) is 2. The Hall–Kier alpha value is -4.13. The predicted octanol–water partition coefficient (Wildman–Crippen LogP) is 7.88. The van der Waals surface area contributed by atoms with Crippen LogP contribution in [0.1, 0.15) is 76.5 Å². The van der Waals surface area contributed by atoms with E-state index < -0.39 is 29.8 Å². The summed E-state index contributed by atoms with van der Waals surface area (Å²) in [4.78, 5) is 81.9. The Balaban J connectivity index is 2.17. The van der Waals surface area contributed by atoms with Gasteiger partial charge in [-0.2, -0.15) is 0 Å². The van der Waals surface area contributed by atoms with Gasteiger partial charge in [-0.25, -0.2) is 14.8 Å². The standard InChI is InChI=1S/C37H34Br4N4O10/c1-13-16(9-20(46)51-4)32-26(39)30-15(3)18(11-22(48)53-6)34(44-30)28(41)36-24(37(50)55-8)19(12-23(49)54-7)35(45-36)27(40)31-14(2)17(10-21(47)52-5)33(43-31)25(38)29(13)42-32/h43,45H,9-12H2,1-8H3.